The number of hydrogen-bond donors (Lipinski definition) is 1. The van der Waals surface area contributed by atoms with Gasteiger partial charge < -0.3 is 9.84 Å². The summed E-state index contributed by atoms with van der Waals surface area (Å²) in [6, 6.07) is 11.1. The first-order valence-corrected chi connectivity index (χ1v) is 9.69. The van der Waals surface area contributed by atoms with E-state index in [-0.39, 0.29) is 28.4 Å². The third-order valence-corrected chi connectivity index (χ3v) is 5.22. The summed E-state index contributed by atoms with van der Waals surface area (Å²) in [7, 11) is 0. The molecule has 0 aromatic heterocycles. The fraction of sp³-hybridized carbons (Fsp3) is 0.174. The highest BCUT2D eigenvalue weighted by atomic mass is 19.3. The number of carbonyl (C=O) groups excluding carboxylic acids is 2. The quantitative estimate of drug-likeness (QED) is 0.408. The monoisotopic (exact) mass is 461 g/mol. The largest absolute Gasteiger partial charge is 0.481 e. The summed E-state index contributed by atoms with van der Waals surface area (Å²) in [5, 5.41) is 9.00. The van der Waals surface area contributed by atoms with Crippen LogP contribution in [-0.2, 0) is 17.6 Å². The van der Waals surface area contributed by atoms with Crippen LogP contribution >= 0.6 is 0 Å². The summed E-state index contributed by atoms with van der Waals surface area (Å²) in [5.41, 5.74) is -0.631. The number of imide groups is 1. The Morgan fingerprint density at radius 1 is 0.909 bits per heavy atom. The van der Waals surface area contributed by atoms with E-state index in [1.54, 1.807) is 0 Å². The standard InChI is InChI=1S/C23H15F4NO5/c24-16(25)10-15-13-3-1-2-4-14(13)20(33-23(26)27)19-18(15)21(31)28(22(19)32)12-7-5-11(6-8-12)9-17(29)30/h1-8,16,23H,9-10H2,(H,29,30). The molecule has 0 aliphatic carbocycles. The first-order chi connectivity index (χ1) is 15.7. The summed E-state index contributed by atoms with van der Waals surface area (Å²) >= 11 is 0. The van der Waals surface area contributed by atoms with Gasteiger partial charge in [-0.1, -0.05) is 36.4 Å². The molecule has 1 heterocycles. The second-order valence-corrected chi connectivity index (χ2v) is 7.26. The molecule has 0 unspecified atom stereocenters. The SMILES string of the molecule is O=C(O)Cc1ccc(N2C(=O)c3c(c(OC(F)F)c4ccccc4c3CC(F)F)C2=O)cc1. The van der Waals surface area contributed by atoms with E-state index < -0.39 is 54.1 Å². The van der Waals surface area contributed by atoms with Gasteiger partial charge >= 0.3 is 12.6 Å². The van der Waals surface area contributed by atoms with Gasteiger partial charge in [0.15, 0.2) is 0 Å². The first kappa shape index (κ1) is 22.3. The van der Waals surface area contributed by atoms with Gasteiger partial charge in [0, 0.05) is 11.8 Å². The Morgan fingerprint density at radius 2 is 1.52 bits per heavy atom. The predicted octanol–water partition coefficient (Wildman–Crippen LogP) is 4.68. The number of alkyl halides is 4. The van der Waals surface area contributed by atoms with Crippen molar-refractivity contribution in [3.8, 4) is 5.75 Å². The van der Waals surface area contributed by atoms with Crippen molar-refractivity contribution in [1.82, 2.24) is 0 Å². The van der Waals surface area contributed by atoms with Crippen molar-refractivity contribution in [3.05, 3.63) is 70.8 Å². The molecule has 0 radical (unpaired) electrons. The Morgan fingerprint density at radius 3 is 2.09 bits per heavy atom. The second-order valence-electron chi connectivity index (χ2n) is 7.26. The molecular formula is C23H15F4NO5. The normalized spacial score (nSPS) is 13.3. The van der Waals surface area contributed by atoms with Crippen LogP contribution in [0.5, 0.6) is 5.75 Å². The number of anilines is 1. The molecule has 1 N–H and O–H groups in total. The van der Waals surface area contributed by atoms with Crippen molar-refractivity contribution in [2.45, 2.75) is 25.9 Å². The van der Waals surface area contributed by atoms with Crippen LogP contribution in [0, 0.1) is 0 Å². The van der Waals surface area contributed by atoms with E-state index in [2.05, 4.69) is 4.74 Å². The van der Waals surface area contributed by atoms with Crippen molar-refractivity contribution in [3.63, 3.8) is 0 Å². The van der Waals surface area contributed by atoms with Gasteiger partial charge in [-0.3, -0.25) is 14.4 Å². The molecule has 3 aromatic rings. The number of fused-ring (bicyclic) bond motifs is 2. The van der Waals surface area contributed by atoms with Crippen LogP contribution in [0.3, 0.4) is 0 Å². The Hall–Kier alpha value is -3.95. The molecule has 1 aliphatic heterocycles. The highest BCUT2D eigenvalue weighted by Crippen LogP contribution is 2.43. The lowest BCUT2D eigenvalue weighted by Gasteiger charge is -2.16. The molecule has 0 fully saturated rings. The Bertz CT molecular complexity index is 1210. The lowest BCUT2D eigenvalue weighted by Crippen LogP contribution is -2.29. The number of halogens is 4. The predicted molar refractivity (Wildman–Crippen MR) is 109 cm³/mol. The number of carboxylic acids is 1. The van der Waals surface area contributed by atoms with Crippen molar-refractivity contribution in [1.29, 1.82) is 0 Å². The molecule has 0 saturated carbocycles. The summed E-state index contributed by atoms with van der Waals surface area (Å²) in [4.78, 5) is 38.1. The zero-order valence-corrected chi connectivity index (χ0v) is 16.7. The van der Waals surface area contributed by atoms with Crippen LogP contribution in [0.15, 0.2) is 48.5 Å². The van der Waals surface area contributed by atoms with Crippen LogP contribution < -0.4 is 9.64 Å². The van der Waals surface area contributed by atoms with Crippen LogP contribution in [-0.4, -0.2) is 35.9 Å². The number of carbonyl (C=O) groups is 3. The number of hydrogen-bond acceptors (Lipinski definition) is 4. The smallest absolute Gasteiger partial charge is 0.387 e. The zero-order chi connectivity index (χ0) is 23.9. The lowest BCUT2D eigenvalue weighted by molar-refractivity contribution is -0.136. The minimum atomic E-state index is -3.33. The van der Waals surface area contributed by atoms with E-state index in [0.29, 0.717) is 10.5 Å². The van der Waals surface area contributed by atoms with Gasteiger partial charge in [-0.25, -0.2) is 13.7 Å². The number of nitrogens with zero attached hydrogens (tertiary/aromatic N) is 1. The third kappa shape index (κ3) is 3.99. The van der Waals surface area contributed by atoms with Crippen LogP contribution in [0.2, 0.25) is 0 Å². The Kier molecular flexibility index (Phi) is 5.75. The molecule has 1 aliphatic rings. The molecule has 10 heteroatoms. The number of benzene rings is 3. The van der Waals surface area contributed by atoms with E-state index in [9.17, 15) is 31.9 Å². The number of amides is 2. The van der Waals surface area contributed by atoms with E-state index >= 15 is 0 Å². The van der Waals surface area contributed by atoms with Gasteiger partial charge in [-0.05, 0) is 28.6 Å². The minimum Gasteiger partial charge on any atom is -0.481 e. The maximum atomic E-state index is 13.4. The zero-order valence-electron chi connectivity index (χ0n) is 16.7. The molecule has 3 aromatic carbocycles. The molecule has 0 saturated heterocycles. The molecule has 33 heavy (non-hydrogen) atoms. The summed E-state index contributed by atoms with van der Waals surface area (Å²) < 4.78 is 57.9. The average Bonchev–Trinajstić information content (AvgIpc) is 3.00. The average molecular weight is 461 g/mol. The summed E-state index contributed by atoms with van der Waals surface area (Å²) in [5.74, 6) is -3.60. The van der Waals surface area contributed by atoms with E-state index in [1.165, 1.54) is 48.5 Å². The number of rotatable bonds is 7. The molecule has 2 amide bonds. The molecule has 0 atom stereocenters. The van der Waals surface area contributed by atoms with Gasteiger partial charge in [-0.2, -0.15) is 8.78 Å². The molecule has 170 valence electrons. The molecule has 0 spiro atoms. The number of aliphatic carboxylic acids is 1. The van der Waals surface area contributed by atoms with Gasteiger partial charge in [0.1, 0.15) is 5.75 Å². The van der Waals surface area contributed by atoms with Crippen molar-refractivity contribution in [2.75, 3.05) is 4.90 Å². The fourth-order valence-corrected chi connectivity index (χ4v) is 3.98. The number of ether oxygens (including phenoxy) is 1. The van der Waals surface area contributed by atoms with Crippen molar-refractivity contribution < 1.29 is 41.8 Å². The first-order valence-electron chi connectivity index (χ1n) is 9.69. The highest BCUT2D eigenvalue weighted by molar-refractivity contribution is 6.37. The van der Waals surface area contributed by atoms with Crippen LogP contribution in [0.1, 0.15) is 31.8 Å². The van der Waals surface area contributed by atoms with Gasteiger partial charge in [0.2, 0.25) is 6.43 Å². The summed E-state index contributed by atoms with van der Waals surface area (Å²) in [6.45, 7) is -3.33. The minimum absolute atomic E-state index is 0.00649. The second kappa shape index (κ2) is 8.53. The maximum Gasteiger partial charge on any atom is 0.387 e. The van der Waals surface area contributed by atoms with Gasteiger partial charge in [-0.15, -0.1) is 0 Å². The lowest BCUT2D eigenvalue weighted by atomic mass is 9.92. The molecule has 0 bridgehead atoms. The Balaban J connectivity index is 1.93. The van der Waals surface area contributed by atoms with E-state index in [4.69, 9.17) is 5.11 Å². The molecule has 4 rings (SSSR count). The molecular weight excluding hydrogens is 446 g/mol. The van der Waals surface area contributed by atoms with Crippen molar-refractivity contribution >= 4 is 34.2 Å². The van der Waals surface area contributed by atoms with Crippen LogP contribution in [0.25, 0.3) is 10.8 Å². The van der Waals surface area contributed by atoms with Crippen LogP contribution in [0.4, 0.5) is 23.2 Å². The topological polar surface area (TPSA) is 83.9 Å². The molecule has 6 nitrogen and oxygen atoms in total. The maximum absolute atomic E-state index is 13.4. The number of carboxylic acid groups (broad SMARTS) is 1. The van der Waals surface area contributed by atoms with Gasteiger partial charge in [0.05, 0.1) is 23.2 Å². The highest BCUT2D eigenvalue weighted by Gasteiger charge is 2.43. The fourth-order valence-electron chi connectivity index (χ4n) is 3.98. The Labute approximate surface area is 184 Å². The third-order valence-electron chi connectivity index (χ3n) is 5.22. The van der Waals surface area contributed by atoms with E-state index in [1.807, 2.05) is 0 Å². The van der Waals surface area contributed by atoms with E-state index in [0.717, 1.165) is 0 Å². The van der Waals surface area contributed by atoms with Gasteiger partial charge in [0.25, 0.3) is 11.8 Å². The van der Waals surface area contributed by atoms with Crippen molar-refractivity contribution in [2.24, 2.45) is 0 Å². The summed E-state index contributed by atoms with van der Waals surface area (Å²) in [6.07, 6.45) is -4.03.